The molecule has 1 aromatic carbocycles. The fourth-order valence-electron chi connectivity index (χ4n) is 3.43. The molecule has 1 N–H and O–H groups in total. The van der Waals surface area contributed by atoms with E-state index in [1.54, 1.807) is 19.2 Å². The number of methoxy groups -OCH3 is 1. The van der Waals surface area contributed by atoms with E-state index in [1.165, 1.54) is 19.3 Å². The van der Waals surface area contributed by atoms with Gasteiger partial charge in [-0.15, -0.1) is 0 Å². The Kier molecular flexibility index (Phi) is 4.58. The van der Waals surface area contributed by atoms with Crippen molar-refractivity contribution < 1.29 is 9.13 Å². The largest absolute Gasteiger partial charge is 0.376 e. The van der Waals surface area contributed by atoms with E-state index in [2.05, 4.69) is 11.4 Å². The number of likely N-dealkylation sites (N-methyl/N-ethyl adjacent to an activating group) is 1. The fraction of sp³-hybridized carbons (Fsp3) is 0.625. The molecule has 1 aromatic rings. The van der Waals surface area contributed by atoms with Gasteiger partial charge in [0.25, 0.3) is 0 Å². The number of halogens is 1. The third kappa shape index (κ3) is 2.98. The second-order valence-corrected chi connectivity index (χ2v) is 5.61. The molecule has 1 saturated carbocycles. The Morgan fingerprint density at radius 1 is 1.21 bits per heavy atom. The summed E-state index contributed by atoms with van der Waals surface area (Å²) in [4.78, 5) is 0. The molecule has 1 fully saturated rings. The van der Waals surface area contributed by atoms with E-state index in [0.29, 0.717) is 0 Å². The van der Waals surface area contributed by atoms with Crippen molar-refractivity contribution in [3.8, 4) is 0 Å². The molecule has 106 valence electrons. The van der Waals surface area contributed by atoms with E-state index >= 15 is 0 Å². The Bertz CT molecular complexity index is 407. The Labute approximate surface area is 115 Å². The minimum absolute atomic E-state index is 0.0483. The molecule has 1 atom stereocenters. The number of aryl methyl sites for hydroxylation is 1. The average Bonchev–Trinajstić information content (AvgIpc) is 2.39. The van der Waals surface area contributed by atoms with Crippen LogP contribution in [0, 0.1) is 12.7 Å². The number of benzene rings is 1. The van der Waals surface area contributed by atoms with Crippen molar-refractivity contribution in [2.45, 2.75) is 50.7 Å². The highest BCUT2D eigenvalue weighted by atomic mass is 19.1. The van der Waals surface area contributed by atoms with Crippen molar-refractivity contribution in [2.75, 3.05) is 14.2 Å². The van der Waals surface area contributed by atoms with Crippen LogP contribution in [0.4, 0.5) is 4.39 Å². The molecule has 1 aliphatic rings. The van der Waals surface area contributed by atoms with Crippen molar-refractivity contribution in [2.24, 2.45) is 0 Å². The lowest BCUT2D eigenvalue weighted by Crippen LogP contribution is -2.46. The molecular weight excluding hydrogens is 241 g/mol. The minimum atomic E-state index is -0.201. The van der Waals surface area contributed by atoms with Crippen molar-refractivity contribution in [3.05, 3.63) is 35.1 Å². The summed E-state index contributed by atoms with van der Waals surface area (Å²) in [6, 6.07) is 5.30. The molecule has 1 unspecified atom stereocenters. The molecule has 0 amide bonds. The highest BCUT2D eigenvalue weighted by Gasteiger charge is 2.40. The lowest BCUT2D eigenvalue weighted by molar-refractivity contribution is -0.0671. The highest BCUT2D eigenvalue weighted by molar-refractivity contribution is 5.28. The standard InChI is InChI=1S/C16H24FNO/c1-12-9-13(11-14(17)10-12)15(18-2)16(19-3)7-5-4-6-8-16/h9-11,15,18H,4-8H2,1-3H3. The van der Waals surface area contributed by atoms with Gasteiger partial charge in [0.15, 0.2) is 0 Å². The molecule has 0 radical (unpaired) electrons. The summed E-state index contributed by atoms with van der Waals surface area (Å²) in [5.41, 5.74) is 1.74. The molecule has 0 aromatic heterocycles. The molecule has 19 heavy (non-hydrogen) atoms. The summed E-state index contributed by atoms with van der Waals surface area (Å²) < 4.78 is 19.5. The maximum Gasteiger partial charge on any atom is 0.123 e. The van der Waals surface area contributed by atoms with Gasteiger partial charge in [0.2, 0.25) is 0 Å². The molecular formula is C16H24FNO. The molecule has 0 aliphatic heterocycles. The summed E-state index contributed by atoms with van der Waals surface area (Å²) in [6.07, 6.45) is 5.69. The Morgan fingerprint density at radius 2 is 1.89 bits per heavy atom. The average molecular weight is 265 g/mol. The van der Waals surface area contributed by atoms with Crippen LogP contribution in [0.1, 0.15) is 49.3 Å². The van der Waals surface area contributed by atoms with Crippen molar-refractivity contribution in [3.63, 3.8) is 0 Å². The third-order valence-corrected chi connectivity index (χ3v) is 4.32. The fourth-order valence-corrected chi connectivity index (χ4v) is 3.43. The predicted octanol–water partition coefficient (Wildman–Crippen LogP) is 3.74. The molecule has 0 spiro atoms. The van der Waals surface area contributed by atoms with Crippen molar-refractivity contribution >= 4 is 0 Å². The molecule has 1 aliphatic carbocycles. The van der Waals surface area contributed by atoms with Crippen LogP contribution in [0.2, 0.25) is 0 Å². The number of nitrogens with one attached hydrogen (secondary N) is 1. The van der Waals surface area contributed by atoms with E-state index in [1.807, 2.05) is 14.0 Å². The van der Waals surface area contributed by atoms with Gasteiger partial charge in [-0.1, -0.05) is 25.3 Å². The molecule has 0 saturated heterocycles. The normalized spacial score (nSPS) is 20.2. The van der Waals surface area contributed by atoms with Crippen LogP contribution in [0.15, 0.2) is 18.2 Å². The number of hydrogen-bond donors (Lipinski definition) is 1. The van der Waals surface area contributed by atoms with Gasteiger partial charge in [0, 0.05) is 7.11 Å². The minimum Gasteiger partial charge on any atom is -0.376 e. The van der Waals surface area contributed by atoms with Gasteiger partial charge in [-0.25, -0.2) is 4.39 Å². The van der Waals surface area contributed by atoms with Crippen LogP contribution >= 0.6 is 0 Å². The van der Waals surface area contributed by atoms with Crippen LogP contribution in [-0.4, -0.2) is 19.8 Å². The maximum absolute atomic E-state index is 13.7. The SMILES string of the molecule is CNC(c1cc(C)cc(F)c1)C1(OC)CCCCC1. The van der Waals surface area contributed by atoms with Crippen LogP contribution in [-0.2, 0) is 4.74 Å². The topological polar surface area (TPSA) is 21.3 Å². The number of rotatable bonds is 4. The second kappa shape index (κ2) is 6.02. The van der Waals surface area contributed by atoms with E-state index < -0.39 is 0 Å². The Balaban J connectivity index is 2.36. The second-order valence-electron chi connectivity index (χ2n) is 5.61. The zero-order valence-electron chi connectivity index (χ0n) is 12.1. The molecule has 2 nitrogen and oxygen atoms in total. The summed E-state index contributed by atoms with van der Waals surface area (Å²) in [6.45, 7) is 1.93. The quantitative estimate of drug-likeness (QED) is 0.895. The van der Waals surface area contributed by atoms with E-state index in [4.69, 9.17) is 4.74 Å². The number of hydrogen-bond acceptors (Lipinski definition) is 2. The zero-order chi connectivity index (χ0) is 13.9. The third-order valence-electron chi connectivity index (χ3n) is 4.32. The van der Waals surface area contributed by atoms with E-state index in [-0.39, 0.29) is 17.5 Å². The Hall–Kier alpha value is -0.930. The first-order chi connectivity index (χ1) is 9.11. The summed E-state index contributed by atoms with van der Waals surface area (Å²) in [5.74, 6) is -0.169. The van der Waals surface area contributed by atoms with E-state index in [0.717, 1.165) is 24.0 Å². The number of ether oxygens (including phenoxy) is 1. The predicted molar refractivity (Wildman–Crippen MR) is 75.8 cm³/mol. The highest BCUT2D eigenvalue weighted by Crippen LogP contribution is 2.41. The molecule has 3 heteroatoms. The van der Waals surface area contributed by atoms with Crippen LogP contribution in [0.5, 0.6) is 0 Å². The summed E-state index contributed by atoms with van der Waals surface area (Å²) in [7, 11) is 3.71. The lowest BCUT2D eigenvalue weighted by Gasteiger charge is -2.42. The summed E-state index contributed by atoms with van der Waals surface area (Å²) >= 11 is 0. The first kappa shape index (κ1) is 14.5. The van der Waals surface area contributed by atoms with Crippen molar-refractivity contribution in [1.82, 2.24) is 5.32 Å². The van der Waals surface area contributed by atoms with Crippen LogP contribution in [0.3, 0.4) is 0 Å². The lowest BCUT2D eigenvalue weighted by atomic mass is 9.76. The van der Waals surface area contributed by atoms with Gasteiger partial charge in [0.1, 0.15) is 5.82 Å². The van der Waals surface area contributed by atoms with Crippen LogP contribution in [0.25, 0.3) is 0 Å². The van der Waals surface area contributed by atoms with Crippen LogP contribution < -0.4 is 5.32 Å². The zero-order valence-corrected chi connectivity index (χ0v) is 12.1. The summed E-state index contributed by atoms with van der Waals surface area (Å²) in [5, 5.41) is 3.34. The van der Waals surface area contributed by atoms with Gasteiger partial charge >= 0.3 is 0 Å². The van der Waals surface area contributed by atoms with Crippen molar-refractivity contribution in [1.29, 1.82) is 0 Å². The first-order valence-corrected chi connectivity index (χ1v) is 7.11. The molecule has 0 heterocycles. The van der Waals surface area contributed by atoms with E-state index in [9.17, 15) is 4.39 Å². The monoisotopic (exact) mass is 265 g/mol. The first-order valence-electron chi connectivity index (χ1n) is 7.11. The maximum atomic E-state index is 13.7. The molecule has 0 bridgehead atoms. The van der Waals surface area contributed by atoms with Gasteiger partial charge in [-0.05, 0) is 50.1 Å². The van der Waals surface area contributed by atoms with Gasteiger partial charge < -0.3 is 10.1 Å². The smallest absolute Gasteiger partial charge is 0.123 e. The van der Waals surface area contributed by atoms with Gasteiger partial charge in [-0.3, -0.25) is 0 Å². The van der Waals surface area contributed by atoms with Gasteiger partial charge in [-0.2, -0.15) is 0 Å². The van der Waals surface area contributed by atoms with Gasteiger partial charge in [0.05, 0.1) is 11.6 Å². The Morgan fingerprint density at radius 3 is 2.42 bits per heavy atom. The molecule has 2 rings (SSSR count).